The Hall–Kier alpha value is -7.02. The van der Waals surface area contributed by atoms with Crippen molar-refractivity contribution in [1.29, 1.82) is 0 Å². The lowest BCUT2D eigenvalue weighted by Gasteiger charge is -2.21. The second kappa shape index (κ2) is 12.3. The second-order valence-corrected chi connectivity index (χ2v) is 14.4. The minimum atomic E-state index is 1.22. The third kappa shape index (κ3) is 4.85. The lowest BCUT2D eigenvalue weighted by atomic mass is 9.82. The van der Waals surface area contributed by atoms with Crippen molar-refractivity contribution in [3.8, 4) is 44.5 Å². The van der Waals surface area contributed by atoms with E-state index >= 15 is 0 Å². The molecule has 0 radical (unpaired) electrons. The summed E-state index contributed by atoms with van der Waals surface area (Å²) in [6.45, 7) is 0. The molecule has 250 valence electrons. The Kier molecular flexibility index (Phi) is 6.97. The summed E-state index contributed by atoms with van der Waals surface area (Å²) >= 11 is 0. The van der Waals surface area contributed by atoms with E-state index in [0.29, 0.717) is 0 Å². The van der Waals surface area contributed by atoms with Crippen molar-refractivity contribution in [3.05, 3.63) is 206 Å². The highest BCUT2D eigenvalue weighted by Crippen LogP contribution is 2.48. The summed E-state index contributed by atoms with van der Waals surface area (Å²) in [6.07, 6.45) is 0. The fourth-order valence-corrected chi connectivity index (χ4v) is 8.87. The molecule has 0 amide bonds. The second-order valence-electron chi connectivity index (χ2n) is 14.4. The summed E-state index contributed by atoms with van der Waals surface area (Å²) in [6, 6.07) is 76.2. The van der Waals surface area contributed by atoms with Gasteiger partial charge in [0.15, 0.2) is 0 Å². The van der Waals surface area contributed by atoms with Gasteiger partial charge in [0.2, 0.25) is 0 Å². The largest absolute Gasteiger partial charge is 0.0622 e. The summed E-state index contributed by atoms with van der Waals surface area (Å²) in [7, 11) is 0. The van der Waals surface area contributed by atoms with Gasteiger partial charge < -0.3 is 0 Å². The van der Waals surface area contributed by atoms with Gasteiger partial charge in [0.25, 0.3) is 0 Å². The zero-order chi connectivity index (χ0) is 35.6. The van der Waals surface area contributed by atoms with Crippen LogP contribution in [-0.4, -0.2) is 0 Å². The van der Waals surface area contributed by atoms with Crippen molar-refractivity contribution >= 4 is 64.6 Å². The van der Waals surface area contributed by atoms with Crippen molar-refractivity contribution in [2.45, 2.75) is 0 Å². The molecule has 0 heteroatoms. The maximum absolute atomic E-state index is 2.41. The number of benzene rings is 11. The average Bonchev–Trinajstić information content (AvgIpc) is 3.25. The van der Waals surface area contributed by atoms with E-state index in [4.69, 9.17) is 0 Å². The Labute approximate surface area is 314 Å². The molecule has 0 saturated heterocycles. The summed E-state index contributed by atoms with van der Waals surface area (Å²) in [5, 5.41) is 15.2. The van der Waals surface area contributed by atoms with Gasteiger partial charge in [-0.2, -0.15) is 0 Å². The Morgan fingerprint density at radius 3 is 0.889 bits per heavy atom. The quantitative estimate of drug-likeness (QED) is 0.128. The lowest BCUT2D eigenvalue weighted by molar-refractivity contribution is 1.61. The Morgan fingerprint density at radius 1 is 0.185 bits per heavy atom. The molecule has 0 heterocycles. The summed E-state index contributed by atoms with van der Waals surface area (Å²) in [5.41, 5.74) is 9.89. The standard InChI is InChI=1S/C54H34/c1-3-11-35(12-4-1)37-19-25-41(26-20-37)51-49-43(29-23-39-15-7-9-17-47(39)49)33-45-31-32-46-34-44-30-24-40-16-8-10-18-48(40)50(44)52(54(46)53(45)51)42-27-21-38(22-28-42)36-13-5-2-6-14-36/h1-34H. The molecule has 0 atom stereocenters. The van der Waals surface area contributed by atoms with Gasteiger partial charge in [-0.05, 0) is 121 Å². The van der Waals surface area contributed by atoms with E-state index in [-0.39, 0.29) is 0 Å². The molecular formula is C54H34. The molecule has 54 heavy (non-hydrogen) atoms. The van der Waals surface area contributed by atoms with Crippen LogP contribution in [0.5, 0.6) is 0 Å². The lowest BCUT2D eigenvalue weighted by Crippen LogP contribution is -1.93. The average molecular weight is 683 g/mol. The Balaban J connectivity index is 1.32. The third-order valence-corrected chi connectivity index (χ3v) is 11.4. The number of hydrogen-bond donors (Lipinski definition) is 0. The van der Waals surface area contributed by atoms with Crippen molar-refractivity contribution < 1.29 is 0 Å². The van der Waals surface area contributed by atoms with Crippen molar-refractivity contribution in [2.24, 2.45) is 0 Å². The van der Waals surface area contributed by atoms with Gasteiger partial charge in [0.1, 0.15) is 0 Å². The van der Waals surface area contributed by atoms with Crippen LogP contribution >= 0.6 is 0 Å². The molecule has 0 spiro atoms. The Bertz CT molecular complexity index is 2990. The molecule has 0 aliphatic heterocycles. The number of hydrogen-bond acceptors (Lipinski definition) is 0. The molecule has 0 aromatic heterocycles. The minimum absolute atomic E-state index is 1.22. The minimum Gasteiger partial charge on any atom is -0.0622 e. The van der Waals surface area contributed by atoms with E-state index in [9.17, 15) is 0 Å². The normalized spacial score (nSPS) is 11.7. The van der Waals surface area contributed by atoms with Gasteiger partial charge in [-0.25, -0.2) is 0 Å². The molecular weight excluding hydrogens is 649 g/mol. The van der Waals surface area contributed by atoms with E-state index in [2.05, 4.69) is 206 Å². The molecule has 0 bridgehead atoms. The van der Waals surface area contributed by atoms with Gasteiger partial charge in [-0.3, -0.25) is 0 Å². The maximum atomic E-state index is 2.41. The first-order valence-corrected chi connectivity index (χ1v) is 18.8. The van der Waals surface area contributed by atoms with Crippen LogP contribution in [0.4, 0.5) is 0 Å². The third-order valence-electron chi connectivity index (χ3n) is 11.4. The highest BCUT2D eigenvalue weighted by Gasteiger charge is 2.21. The van der Waals surface area contributed by atoms with Crippen LogP contribution in [0.2, 0.25) is 0 Å². The van der Waals surface area contributed by atoms with Gasteiger partial charge >= 0.3 is 0 Å². The molecule has 0 aliphatic rings. The van der Waals surface area contributed by atoms with E-state index in [1.807, 2.05) is 0 Å². The number of fused-ring (bicyclic) bond motifs is 9. The first-order valence-electron chi connectivity index (χ1n) is 18.8. The SMILES string of the molecule is c1ccc(-c2ccc(-c3c4c(ccc5ccccc54)cc4ccc5cc6ccc7ccccc7c6c(-c6ccc(-c7ccccc7)cc6)c5c34)cc2)cc1. The van der Waals surface area contributed by atoms with Gasteiger partial charge in [-0.15, -0.1) is 0 Å². The summed E-state index contributed by atoms with van der Waals surface area (Å²) in [5.74, 6) is 0. The molecule has 11 aromatic carbocycles. The summed E-state index contributed by atoms with van der Waals surface area (Å²) < 4.78 is 0. The molecule has 0 N–H and O–H groups in total. The van der Waals surface area contributed by atoms with Gasteiger partial charge in [0, 0.05) is 0 Å². The summed E-state index contributed by atoms with van der Waals surface area (Å²) in [4.78, 5) is 0. The predicted molar refractivity (Wildman–Crippen MR) is 233 cm³/mol. The van der Waals surface area contributed by atoms with E-state index in [0.717, 1.165) is 0 Å². The number of rotatable bonds is 4. The van der Waals surface area contributed by atoms with Crippen molar-refractivity contribution in [2.75, 3.05) is 0 Å². The fourth-order valence-electron chi connectivity index (χ4n) is 8.87. The molecule has 0 nitrogen and oxygen atoms in total. The predicted octanol–water partition coefficient (Wildman–Crippen LogP) is 15.3. The fraction of sp³-hybridized carbons (Fsp3) is 0. The van der Waals surface area contributed by atoms with Crippen molar-refractivity contribution in [1.82, 2.24) is 0 Å². The topological polar surface area (TPSA) is 0 Å². The van der Waals surface area contributed by atoms with Crippen LogP contribution < -0.4 is 0 Å². The van der Waals surface area contributed by atoms with Crippen LogP contribution in [0.1, 0.15) is 0 Å². The van der Waals surface area contributed by atoms with Crippen LogP contribution in [0.15, 0.2) is 206 Å². The first-order chi connectivity index (χ1) is 26.8. The smallest absolute Gasteiger partial charge is 0.00137 e. The zero-order valence-electron chi connectivity index (χ0n) is 29.6. The highest BCUT2D eigenvalue weighted by atomic mass is 14.2. The van der Waals surface area contributed by atoms with Crippen LogP contribution in [0.25, 0.3) is 109 Å². The first kappa shape index (κ1) is 30.6. The maximum Gasteiger partial charge on any atom is -0.00137 e. The Morgan fingerprint density at radius 2 is 0.481 bits per heavy atom. The van der Waals surface area contributed by atoms with E-state index < -0.39 is 0 Å². The molecule has 0 saturated carbocycles. The van der Waals surface area contributed by atoms with E-state index in [1.165, 1.54) is 109 Å². The van der Waals surface area contributed by atoms with Crippen molar-refractivity contribution in [3.63, 3.8) is 0 Å². The molecule has 11 aromatic rings. The monoisotopic (exact) mass is 682 g/mol. The molecule has 0 unspecified atom stereocenters. The van der Waals surface area contributed by atoms with Gasteiger partial charge in [0.05, 0.1) is 0 Å². The zero-order valence-corrected chi connectivity index (χ0v) is 29.6. The van der Waals surface area contributed by atoms with Gasteiger partial charge in [-0.1, -0.05) is 194 Å². The van der Waals surface area contributed by atoms with Crippen LogP contribution in [0, 0.1) is 0 Å². The van der Waals surface area contributed by atoms with Crippen LogP contribution in [-0.2, 0) is 0 Å². The molecule has 0 aliphatic carbocycles. The highest BCUT2D eigenvalue weighted by molar-refractivity contribution is 6.33. The van der Waals surface area contributed by atoms with E-state index in [1.54, 1.807) is 0 Å². The van der Waals surface area contributed by atoms with Crippen LogP contribution in [0.3, 0.4) is 0 Å². The molecule has 11 rings (SSSR count). The molecule has 0 fully saturated rings.